The maximum atomic E-state index is 12.0. The Morgan fingerprint density at radius 3 is 1.71 bits per heavy atom. The van der Waals surface area contributed by atoms with Gasteiger partial charge in [-0.25, -0.2) is 4.72 Å². The molecule has 0 aromatic rings. The number of carbonyl (C=O) groups is 1. The van der Waals surface area contributed by atoms with Crippen LogP contribution in [0.3, 0.4) is 0 Å². The van der Waals surface area contributed by atoms with Crippen molar-refractivity contribution in [3.05, 3.63) is 0 Å². The Labute approximate surface area is 90.5 Å². The van der Waals surface area contributed by atoms with Crippen LogP contribution in [0.2, 0.25) is 0 Å². The van der Waals surface area contributed by atoms with Crippen molar-refractivity contribution in [2.75, 3.05) is 0 Å². The van der Waals surface area contributed by atoms with Gasteiger partial charge < -0.3 is 5.11 Å². The van der Waals surface area contributed by atoms with Crippen molar-refractivity contribution < 1.29 is 44.7 Å². The predicted molar refractivity (Wildman–Crippen MR) is 39.8 cm³/mol. The summed E-state index contributed by atoms with van der Waals surface area (Å²) in [5.74, 6) is -2.75. The summed E-state index contributed by atoms with van der Waals surface area (Å²) in [7, 11) is -6.30. The molecule has 0 aliphatic heterocycles. The molecular formula is C5H5F6NO4S. The van der Waals surface area contributed by atoms with Crippen molar-refractivity contribution in [2.45, 2.75) is 24.2 Å². The first-order valence-electron chi connectivity index (χ1n) is 3.55. The van der Waals surface area contributed by atoms with Gasteiger partial charge in [0, 0.05) is 0 Å². The molecule has 0 saturated heterocycles. The Bertz CT molecular complexity index is 407. The van der Waals surface area contributed by atoms with Gasteiger partial charge >= 0.3 is 21.7 Å². The molecule has 0 radical (unpaired) electrons. The van der Waals surface area contributed by atoms with Crippen LogP contribution in [0.5, 0.6) is 0 Å². The fourth-order valence-corrected chi connectivity index (χ4v) is 0.967. The van der Waals surface area contributed by atoms with Crippen LogP contribution in [0.4, 0.5) is 26.3 Å². The standard InChI is InChI=1S/C5H5F6NO4S/c1-3(14,4(6,7)8)2(13)12-17(15,16)5(9,10)11/h14H,1H3,(H,12,13). The number of amides is 1. The zero-order valence-electron chi connectivity index (χ0n) is 7.85. The molecule has 1 amide bonds. The van der Waals surface area contributed by atoms with Gasteiger partial charge in [-0.3, -0.25) is 4.79 Å². The first-order valence-corrected chi connectivity index (χ1v) is 5.04. The third-order valence-electron chi connectivity index (χ3n) is 1.53. The summed E-state index contributed by atoms with van der Waals surface area (Å²) in [6.45, 7) is -0.186. The normalized spacial score (nSPS) is 17.4. The molecule has 0 fully saturated rings. The number of sulfonamides is 1. The van der Waals surface area contributed by atoms with Gasteiger partial charge in [-0.05, 0) is 6.92 Å². The molecule has 5 nitrogen and oxygen atoms in total. The smallest absolute Gasteiger partial charge is 0.373 e. The molecule has 2 N–H and O–H groups in total. The second-order valence-electron chi connectivity index (χ2n) is 2.95. The van der Waals surface area contributed by atoms with E-state index in [1.807, 2.05) is 0 Å². The minimum Gasteiger partial charge on any atom is -0.373 e. The van der Waals surface area contributed by atoms with Crippen molar-refractivity contribution >= 4 is 15.9 Å². The molecule has 0 aromatic carbocycles. The maximum Gasteiger partial charge on any atom is 0.516 e. The second-order valence-corrected chi connectivity index (χ2v) is 4.62. The Morgan fingerprint density at radius 1 is 1.12 bits per heavy atom. The number of rotatable bonds is 2. The number of aliphatic hydroxyl groups is 1. The summed E-state index contributed by atoms with van der Waals surface area (Å²) in [6.07, 6.45) is -5.63. The topological polar surface area (TPSA) is 83.5 Å². The SMILES string of the molecule is CC(O)(C(=O)NS(=O)(=O)C(F)(F)F)C(F)(F)F. The molecule has 0 aromatic heterocycles. The Balaban J connectivity index is 5.17. The average molecular weight is 289 g/mol. The molecule has 0 heterocycles. The molecule has 102 valence electrons. The zero-order valence-corrected chi connectivity index (χ0v) is 8.66. The molecule has 0 rings (SSSR count). The van der Waals surface area contributed by atoms with Gasteiger partial charge in [-0.1, -0.05) is 0 Å². The van der Waals surface area contributed by atoms with Crippen LogP contribution in [0.15, 0.2) is 0 Å². The summed E-state index contributed by atoms with van der Waals surface area (Å²) in [4.78, 5) is 10.6. The number of hydrogen-bond donors (Lipinski definition) is 2. The van der Waals surface area contributed by atoms with Gasteiger partial charge in [0.25, 0.3) is 5.91 Å². The van der Waals surface area contributed by atoms with Crippen molar-refractivity contribution in [3.8, 4) is 0 Å². The Kier molecular flexibility index (Phi) is 3.77. The van der Waals surface area contributed by atoms with E-state index in [4.69, 9.17) is 5.11 Å². The van der Waals surface area contributed by atoms with E-state index in [0.29, 0.717) is 0 Å². The van der Waals surface area contributed by atoms with Gasteiger partial charge in [-0.2, -0.15) is 34.8 Å². The van der Waals surface area contributed by atoms with Crippen LogP contribution < -0.4 is 4.72 Å². The highest BCUT2D eigenvalue weighted by molar-refractivity contribution is 7.90. The first-order chi connectivity index (χ1) is 7.13. The van der Waals surface area contributed by atoms with Crippen molar-refractivity contribution in [3.63, 3.8) is 0 Å². The highest BCUT2D eigenvalue weighted by Crippen LogP contribution is 2.31. The molecule has 0 spiro atoms. The average Bonchev–Trinajstić information content (AvgIpc) is 1.98. The lowest BCUT2D eigenvalue weighted by Gasteiger charge is -2.24. The van der Waals surface area contributed by atoms with Crippen LogP contribution in [-0.2, 0) is 14.8 Å². The van der Waals surface area contributed by atoms with Crippen molar-refractivity contribution in [2.24, 2.45) is 0 Å². The van der Waals surface area contributed by atoms with Crippen LogP contribution in [0.25, 0.3) is 0 Å². The van der Waals surface area contributed by atoms with E-state index in [9.17, 15) is 39.6 Å². The van der Waals surface area contributed by atoms with E-state index in [1.54, 1.807) is 0 Å². The third kappa shape index (κ3) is 3.21. The minimum atomic E-state index is -6.30. The third-order valence-corrected chi connectivity index (χ3v) is 2.59. The molecule has 17 heavy (non-hydrogen) atoms. The van der Waals surface area contributed by atoms with Gasteiger partial charge in [-0.15, -0.1) is 0 Å². The summed E-state index contributed by atoms with van der Waals surface area (Å²) >= 11 is 0. The summed E-state index contributed by atoms with van der Waals surface area (Å²) in [5.41, 5.74) is -10.2. The largest absolute Gasteiger partial charge is 0.516 e. The van der Waals surface area contributed by atoms with Gasteiger partial charge in [0.15, 0.2) is 0 Å². The summed E-state index contributed by atoms with van der Waals surface area (Å²) in [5, 5.41) is 8.58. The summed E-state index contributed by atoms with van der Waals surface area (Å²) < 4.78 is 91.7. The number of hydrogen-bond acceptors (Lipinski definition) is 4. The molecule has 0 aliphatic rings. The zero-order chi connectivity index (χ0) is 14.3. The number of halogens is 6. The predicted octanol–water partition coefficient (Wildman–Crippen LogP) is 0.265. The fourth-order valence-electron chi connectivity index (χ4n) is 0.408. The van der Waals surface area contributed by atoms with Crippen LogP contribution >= 0.6 is 0 Å². The maximum absolute atomic E-state index is 12.0. The van der Waals surface area contributed by atoms with Crippen LogP contribution in [-0.4, -0.2) is 36.7 Å². The fraction of sp³-hybridized carbons (Fsp3) is 0.800. The molecule has 12 heteroatoms. The van der Waals surface area contributed by atoms with E-state index in [-0.39, 0.29) is 11.6 Å². The number of carbonyl (C=O) groups excluding carboxylic acids is 1. The van der Waals surface area contributed by atoms with Crippen LogP contribution in [0.1, 0.15) is 6.92 Å². The summed E-state index contributed by atoms with van der Waals surface area (Å²) in [6, 6.07) is 0. The van der Waals surface area contributed by atoms with Crippen LogP contribution in [0, 0.1) is 0 Å². The van der Waals surface area contributed by atoms with Gasteiger partial charge in [0.2, 0.25) is 5.60 Å². The van der Waals surface area contributed by atoms with E-state index in [1.165, 1.54) is 0 Å². The molecule has 0 bridgehead atoms. The highest BCUT2D eigenvalue weighted by atomic mass is 32.2. The van der Waals surface area contributed by atoms with E-state index in [2.05, 4.69) is 0 Å². The lowest BCUT2D eigenvalue weighted by Crippen LogP contribution is -2.57. The first kappa shape index (κ1) is 16.0. The lowest BCUT2D eigenvalue weighted by molar-refractivity contribution is -0.244. The van der Waals surface area contributed by atoms with Crippen molar-refractivity contribution in [1.82, 2.24) is 4.72 Å². The second kappa shape index (κ2) is 4.01. The van der Waals surface area contributed by atoms with Gasteiger partial charge in [0.05, 0.1) is 0 Å². The monoisotopic (exact) mass is 289 g/mol. The lowest BCUT2D eigenvalue weighted by atomic mass is 10.1. The van der Waals surface area contributed by atoms with E-state index < -0.39 is 33.2 Å². The Hall–Kier alpha value is -1.04. The van der Waals surface area contributed by atoms with E-state index >= 15 is 0 Å². The number of alkyl halides is 6. The Morgan fingerprint density at radius 2 is 1.47 bits per heavy atom. The number of nitrogens with one attached hydrogen (secondary N) is 1. The quantitative estimate of drug-likeness (QED) is 0.715. The molecule has 1 atom stereocenters. The van der Waals surface area contributed by atoms with Gasteiger partial charge in [0.1, 0.15) is 0 Å². The minimum absolute atomic E-state index is 0.0813. The molecule has 0 saturated carbocycles. The molecule has 1 unspecified atom stereocenters. The highest BCUT2D eigenvalue weighted by Gasteiger charge is 2.58. The van der Waals surface area contributed by atoms with E-state index in [0.717, 1.165) is 0 Å². The molecular weight excluding hydrogens is 284 g/mol. The molecule has 0 aliphatic carbocycles. The van der Waals surface area contributed by atoms with Crippen molar-refractivity contribution in [1.29, 1.82) is 0 Å².